The van der Waals surface area contributed by atoms with Crippen molar-refractivity contribution >= 4 is 11.7 Å². The van der Waals surface area contributed by atoms with Crippen molar-refractivity contribution in [3.63, 3.8) is 0 Å². The molecule has 2 rings (SSSR count). The van der Waals surface area contributed by atoms with Crippen molar-refractivity contribution in [3.8, 4) is 0 Å². The van der Waals surface area contributed by atoms with Crippen LogP contribution in [-0.2, 0) is 4.84 Å². The standard InChI is InChI=1S/C12H17N5O2/c1-4-7-19-17-11(3)9-15(12(17)18)8-10(2)16-6-5-13-14-16/h4-6,11H,1-2,7-9H2,3H3. The summed E-state index contributed by atoms with van der Waals surface area (Å²) in [5, 5.41) is 8.92. The summed E-state index contributed by atoms with van der Waals surface area (Å²) >= 11 is 0. The molecule has 1 saturated heterocycles. The van der Waals surface area contributed by atoms with Gasteiger partial charge in [0.05, 0.1) is 37.3 Å². The highest BCUT2D eigenvalue weighted by molar-refractivity contribution is 5.77. The van der Waals surface area contributed by atoms with Crippen LogP contribution in [-0.4, -0.2) is 56.7 Å². The van der Waals surface area contributed by atoms with Gasteiger partial charge < -0.3 is 4.90 Å². The molecule has 7 nitrogen and oxygen atoms in total. The summed E-state index contributed by atoms with van der Waals surface area (Å²) in [6.07, 6.45) is 4.87. The van der Waals surface area contributed by atoms with E-state index in [-0.39, 0.29) is 12.1 Å². The summed E-state index contributed by atoms with van der Waals surface area (Å²) in [5.41, 5.74) is 0.684. The van der Waals surface area contributed by atoms with Crippen molar-refractivity contribution in [1.29, 1.82) is 0 Å². The average molecular weight is 263 g/mol. The molecule has 1 unspecified atom stereocenters. The van der Waals surface area contributed by atoms with Gasteiger partial charge in [-0.05, 0) is 6.92 Å². The van der Waals surface area contributed by atoms with Crippen molar-refractivity contribution < 1.29 is 9.63 Å². The quantitative estimate of drug-likeness (QED) is 0.718. The zero-order valence-corrected chi connectivity index (χ0v) is 10.9. The van der Waals surface area contributed by atoms with Crippen molar-refractivity contribution in [2.45, 2.75) is 13.0 Å². The van der Waals surface area contributed by atoms with Crippen molar-refractivity contribution in [1.82, 2.24) is 25.0 Å². The Morgan fingerprint density at radius 1 is 1.68 bits per heavy atom. The number of aromatic nitrogens is 3. The van der Waals surface area contributed by atoms with Gasteiger partial charge in [-0.1, -0.05) is 17.9 Å². The molecule has 1 aliphatic heterocycles. The number of hydrogen-bond donors (Lipinski definition) is 0. The Morgan fingerprint density at radius 3 is 3.11 bits per heavy atom. The molecular weight excluding hydrogens is 246 g/mol. The van der Waals surface area contributed by atoms with Crippen LogP contribution in [0.25, 0.3) is 5.70 Å². The molecule has 102 valence electrons. The predicted octanol–water partition coefficient (Wildman–Crippen LogP) is 0.992. The summed E-state index contributed by atoms with van der Waals surface area (Å²) in [5.74, 6) is 0. The number of nitrogens with zero attached hydrogens (tertiary/aromatic N) is 5. The van der Waals surface area contributed by atoms with Crippen LogP contribution in [0.5, 0.6) is 0 Å². The molecule has 7 heteroatoms. The fourth-order valence-corrected chi connectivity index (χ4v) is 1.92. The van der Waals surface area contributed by atoms with Crippen LogP contribution in [0.4, 0.5) is 4.79 Å². The fourth-order valence-electron chi connectivity index (χ4n) is 1.92. The third-order valence-electron chi connectivity index (χ3n) is 2.80. The minimum Gasteiger partial charge on any atom is -0.315 e. The van der Waals surface area contributed by atoms with Gasteiger partial charge in [0.1, 0.15) is 0 Å². The van der Waals surface area contributed by atoms with Gasteiger partial charge in [-0.25, -0.2) is 9.48 Å². The van der Waals surface area contributed by atoms with Gasteiger partial charge in [-0.15, -0.1) is 11.7 Å². The Labute approximate surface area is 111 Å². The third kappa shape index (κ3) is 2.82. The molecule has 0 spiro atoms. The van der Waals surface area contributed by atoms with Gasteiger partial charge in [0.2, 0.25) is 0 Å². The summed E-state index contributed by atoms with van der Waals surface area (Å²) in [7, 11) is 0. The lowest BCUT2D eigenvalue weighted by atomic mass is 10.3. The maximum absolute atomic E-state index is 12.1. The monoisotopic (exact) mass is 263 g/mol. The highest BCUT2D eigenvalue weighted by Crippen LogP contribution is 2.18. The second kappa shape index (κ2) is 5.66. The average Bonchev–Trinajstić information content (AvgIpc) is 2.99. The second-order valence-corrected chi connectivity index (χ2v) is 4.34. The second-order valence-electron chi connectivity index (χ2n) is 4.34. The van der Waals surface area contributed by atoms with Gasteiger partial charge in [0.25, 0.3) is 0 Å². The smallest absolute Gasteiger partial charge is 0.315 e. The van der Waals surface area contributed by atoms with Gasteiger partial charge in [0, 0.05) is 6.54 Å². The van der Waals surface area contributed by atoms with Gasteiger partial charge >= 0.3 is 6.03 Å². The molecule has 1 aromatic heterocycles. The van der Waals surface area contributed by atoms with E-state index in [1.807, 2.05) is 6.92 Å². The number of hydroxylamine groups is 2. The number of amides is 2. The molecule has 0 aliphatic carbocycles. The summed E-state index contributed by atoms with van der Waals surface area (Å²) in [6, 6.07) is -0.174. The third-order valence-corrected chi connectivity index (χ3v) is 2.80. The van der Waals surface area contributed by atoms with Crippen LogP contribution >= 0.6 is 0 Å². The summed E-state index contributed by atoms with van der Waals surface area (Å²) in [4.78, 5) is 19.1. The Morgan fingerprint density at radius 2 is 2.47 bits per heavy atom. The number of rotatable bonds is 6. The Kier molecular flexibility index (Phi) is 3.96. The highest BCUT2D eigenvalue weighted by atomic mass is 16.7. The van der Waals surface area contributed by atoms with E-state index in [0.717, 1.165) is 0 Å². The molecule has 1 aromatic rings. The lowest BCUT2D eigenvalue weighted by Crippen LogP contribution is -2.35. The van der Waals surface area contributed by atoms with E-state index in [9.17, 15) is 4.79 Å². The predicted molar refractivity (Wildman–Crippen MR) is 69.8 cm³/mol. The maximum atomic E-state index is 12.1. The van der Waals surface area contributed by atoms with E-state index in [4.69, 9.17) is 4.84 Å². The minimum atomic E-state index is -0.171. The van der Waals surface area contributed by atoms with E-state index < -0.39 is 0 Å². The van der Waals surface area contributed by atoms with Gasteiger partial charge in [0.15, 0.2) is 0 Å². The van der Waals surface area contributed by atoms with E-state index >= 15 is 0 Å². The summed E-state index contributed by atoms with van der Waals surface area (Å²) < 4.78 is 1.55. The van der Waals surface area contributed by atoms with Gasteiger partial charge in [-0.2, -0.15) is 5.06 Å². The molecule has 2 amide bonds. The first kappa shape index (κ1) is 13.3. The molecule has 0 saturated carbocycles. The van der Waals surface area contributed by atoms with Crippen molar-refractivity contribution in [3.05, 3.63) is 31.6 Å². The molecule has 1 fully saturated rings. The molecule has 19 heavy (non-hydrogen) atoms. The lowest BCUT2D eigenvalue weighted by molar-refractivity contribution is -0.114. The van der Waals surface area contributed by atoms with Crippen LogP contribution in [0, 0.1) is 0 Å². The molecule has 1 aliphatic rings. The Hall–Kier alpha value is -2.15. The number of hydrogen-bond acceptors (Lipinski definition) is 4. The SMILES string of the molecule is C=CCON1C(=O)N(CC(=C)n2ccnn2)CC1C. The Bertz CT molecular complexity index is 470. The van der Waals surface area contributed by atoms with Gasteiger partial charge in [-0.3, -0.25) is 4.84 Å². The normalized spacial score (nSPS) is 19.0. The molecular formula is C12H17N5O2. The van der Waals surface area contributed by atoms with Crippen LogP contribution in [0.2, 0.25) is 0 Å². The first-order valence-corrected chi connectivity index (χ1v) is 6.00. The number of urea groups is 1. The van der Waals surface area contributed by atoms with Crippen LogP contribution in [0.1, 0.15) is 6.92 Å². The molecule has 0 N–H and O–H groups in total. The van der Waals surface area contributed by atoms with E-state index in [1.54, 1.807) is 28.1 Å². The van der Waals surface area contributed by atoms with Crippen LogP contribution < -0.4 is 0 Å². The molecule has 2 heterocycles. The molecule has 0 bridgehead atoms. The highest BCUT2D eigenvalue weighted by Gasteiger charge is 2.35. The zero-order chi connectivity index (χ0) is 13.8. The van der Waals surface area contributed by atoms with Crippen LogP contribution in [0.3, 0.4) is 0 Å². The zero-order valence-electron chi connectivity index (χ0n) is 10.9. The van der Waals surface area contributed by atoms with E-state index in [2.05, 4.69) is 23.5 Å². The first-order chi connectivity index (χ1) is 9.13. The summed E-state index contributed by atoms with van der Waals surface area (Å²) in [6.45, 7) is 10.7. The lowest BCUT2D eigenvalue weighted by Gasteiger charge is -2.19. The van der Waals surface area contributed by atoms with Crippen molar-refractivity contribution in [2.24, 2.45) is 0 Å². The maximum Gasteiger partial charge on any atom is 0.344 e. The van der Waals surface area contributed by atoms with E-state index in [1.165, 1.54) is 5.06 Å². The topological polar surface area (TPSA) is 63.5 Å². The molecule has 1 atom stereocenters. The van der Waals surface area contributed by atoms with Crippen LogP contribution in [0.15, 0.2) is 31.6 Å². The number of carbonyl (C=O) groups excluding carboxylic acids is 1. The minimum absolute atomic E-state index is 0.00371. The molecule has 0 aromatic carbocycles. The Balaban J connectivity index is 1.97. The largest absolute Gasteiger partial charge is 0.344 e. The molecule has 0 radical (unpaired) electrons. The van der Waals surface area contributed by atoms with E-state index in [0.29, 0.717) is 25.4 Å². The number of carbonyl (C=O) groups is 1. The van der Waals surface area contributed by atoms with Crippen molar-refractivity contribution in [2.75, 3.05) is 19.7 Å². The first-order valence-electron chi connectivity index (χ1n) is 6.00. The fraction of sp³-hybridized carbons (Fsp3) is 0.417.